The van der Waals surface area contributed by atoms with Gasteiger partial charge in [0.1, 0.15) is 5.71 Å². The van der Waals surface area contributed by atoms with Crippen molar-refractivity contribution >= 4 is 11.5 Å². The van der Waals surface area contributed by atoms with E-state index in [4.69, 9.17) is 4.99 Å². The molecule has 0 amide bonds. The van der Waals surface area contributed by atoms with E-state index in [0.717, 1.165) is 11.1 Å². The molecular weight excluding hydrogens is 294 g/mol. The van der Waals surface area contributed by atoms with Crippen LogP contribution in [0.2, 0.25) is 0 Å². The van der Waals surface area contributed by atoms with Crippen molar-refractivity contribution in [3.05, 3.63) is 108 Å². The van der Waals surface area contributed by atoms with Crippen LogP contribution < -0.4 is 0 Å². The molecule has 3 aromatic carbocycles. The Morgan fingerprint density at radius 1 is 0.708 bits per heavy atom. The molecule has 0 aliphatic heterocycles. The van der Waals surface area contributed by atoms with E-state index in [9.17, 15) is 4.79 Å². The average Bonchev–Trinajstić information content (AvgIpc) is 2.67. The fourth-order valence-corrected chi connectivity index (χ4v) is 2.59. The van der Waals surface area contributed by atoms with Crippen molar-refractivity contribution in [3.63, 3.8) is 0 Å². The minimum absolute atomic E-state index is 0.0513. The average molecular weight is 313 g/mol. The molecule has 2 nitrogen and oxygen atoms in total. The summed E-state index contributed by atoms with van der Waals surface area (Å²) in [4.78, 5) is 17.7. The molecule has 1 atom stereocenters. The number of carbonyl (C=O) groups excluding carboxylic acids is 1. The molecule has 24 heavy (non-hydrogen) atoms. The van der Waals surface area contributed by atoms with Crippen LogP contribution in [0.25, 0.3) is 0 Å². The van der Waals surface area contributed by atoms with E-state index < -0.39 is 0 Å². The highest BCUT2D eigenvalue weighted by molar-refractivity contribution is 6.51. The van der Waals surface area contributed by atoms with Crippen molar-refractivity contribution in [2.75, 3.05) is 0 Å². The fraction of sp³-hybridized carbons (Fsp3) is 0.0909. The van der Waals surface area contributed by atoms with Crippen LogP contribution in [0.4, 0.5) is 0 Å². The molecule has 0 radical (unpaired) electrons. The lowest BCUT2D eigenvalue weighted by Crippen LogP contribution is -2.17. The first-order valence-corrected chi connectivity index (χ1v) is 8.03. The standard InChI is InChI=1S/C22H19NO/c1-17(18-11-5-2-6-12-18)23-21(19-13-7-3-8-14-19)22(24)20-15-9-4-10-16-20/h2-17H,1H3. The molecule has 3 aromatic rings. The van der Waals surface area contributed by atoms with Crippen LogP contribution in [-0.2, 0) is 0 Å². The van der Waals surface area contributed by atoms with Crippen molar-refractivity contribution in [1.29, 1.82) is 0 Å². The Morgan fingerprint density at radius 3 is 1.71 bits per heavy atom. The summed E-state index contributed by atoms with van der Waals surface area (Å²) in [5.74, 6) is -0.0513. The van der Waals surface area contributed by atoms with E-state index in [1.807, 2.05) is 97.9 Å². The van der Waals surface area contributed by atoms with Crippen LogP contribution in [0.1, 0.15) is 34.5 Å². The van der Waals surface area contributed by atoms with Gasteiger partial charge >= 0.3 is 0 Å². The number of benzene rings is 3. The van der Waals surface area contributed by atoms with Crippen LogP contribution in [0, 0.1) is 0 Å². The molecule has 0 spiro atoms. The molecule has 0 aliphatic carbocycles. The third-order valence-corrected chi connectivity index (χ3v) is 3.90. The molecule has 0 aliphatic rings. The Hall–Kier alpha value is -3.00. The number of ketones is 1. The summed E-state index contributed by atoms with van der Waals surface area (Å²) in [6, 6.07) is 28.9. The summed E-state index contributed by atoms with van der Waals surface area (Å²) in [6.45, 7) is 2.01. The van der Waals surface area contributed by atoms with Gasteiger partial charge in [0, 0.05) is 11.1 Å². The molecule has 0 saturated heterocycles. The topological polar surface area (TPSA) is 29.4 Å². The molecular formula is C22H19NO. The van der Waals surface area contributed by atoms with Gasteiger partial charge < -0.3 is 0 Å². The lowest BCUT2D eigenvalue weighted by molar-refractivity contribution is 0.106. The van der Waals surface area contributed by atoms with Gasteiger partial charge in [-0.2, -0.15) is 0 Å². The van der Waals surface area contributed by atoms with Crippen molar-refractivity contribution < 1.29 is 4.79 Å². The lowest BCUT2D eigenvalue weighted by atomic mass is 9.99. The molecule has 0 fully saturated rings. The number of carbonyl (C=O) groups is 1. The summed E-state index contributed by atoms with van der Waals surface area (Å²) < 4.78 is 0. The molecule has 0 bridgehead atoms. The van der Waals surface area contributed by atoms with E-state index in [-0.39, 0.29) is 11.8 Å². The molecule has 0 heterocycles. The summed E-state index contributed by atoms with van der Waals surface area (Å²) >= 11 is 0. The Morgan fingerprint density at radius 2 is 1.17 bits per heavy atom. The molecule has 3 rings (SSSR count). The molecule has 118 valence electrons. The summed E-state index contributed by atoms with van der Waals surface area (Å²) in [6.07, 6.45) is 0. The second-order valence-electron chi connectivity index (χ2n) is 5.63. The smallest absolute Gasteiger partial charge is 0.211 e. The first kappa shape index (κ1) is 15.9. The Bertz CT molecular complexity index is 824. The molecule has 0 aromatic heterocycles. The van der Waals surface area contributed by atoms with Gasteiger partial charge in [-0.3, -0.25) is 9.79 Å². The molecule has 1 unspecified atom stereocenters. The van der Waals surface area contributed by atoms with Gasteiger partial charge in [-0.15, -0.1) is 0 Å². The van der Waals surface area contributed by atoms with Crippen LogP contribution in [0.3, 0.4) is 0 Å². The van der Waals surface area contributed by atoms with Gasteiger partial charge in [-0.05, 0) is 12.5 Å². The van der Waals surface area contributed by atoms with E-state index in [1.165, 1.54) is 0 Å². The Balaban J connectivity index is 2.03. The Labute approximate surface area is 142 Å². The largest absolute Gasteiger partial charge is 0.287 e. The summed E-state index contributed by atoms with van der Waals surface area (Å²) in [5, 5.41) is 0. The van der Waals surface area contributed by atoms with Crippen molar-refractivity contribution in [3.8, 4) is 0 Å². The van der Waals surface area contributed by atoms with Gasteiger partial charge in [-0.1, -0.05) is 91.0 Å². The Kier molecular flexibility index (Phi) is 4.97. The monoisotopic (exact) mass is 313 g/mol. The maximum Gasteiger partial charge on any atom is 0.211 e. The van der Waals surface area contributed by atoms with Crippen molar-refractivity contribution in [2.45, 2.75) is 13.0 Å². The quantitative estimate of drug-likeness (QED) is 0.475. The van der Waals surface area contributed by atoms with Crippen LogP contribution in [0.5, 0.6) is 0 Å². The maximum atomic E-state index is 13.0. The zero-order valence-corrected chi connectivity index (χ0v) is 13.6. The highest BCUT2D eigenvalue weighted by Crippen LogP contribution is 2.19. The van der Waals surface area contributed by atoms with Crippen LogP contribution in [-0.4, -0.2) is 11.5 Å². The fourth-order valence-electron chi connectivity index (χ4n) is 2.59. The second-order valence-corrected chi connectivity index (χ2v) is 5.63. The molecule has 2 heteroatoms. The van der Waals surface area contributed by atoms with E-state index in [1.54, 1.807) is 0 Å². The van der Waals surface area contributed by atoms with Gasteiger partial charge in [0.2, 0.25) is 5.78 Å². The van der Waals surface area contributed by atoms with Gasteiger partial charge in [0.05, 0.1) is 6.04 Å². The van der Waals surface area contributed by atoms with Gasteiger partial charge in [0.15, 0.2) is 0 Å². The predicted molar refractivity (Wildman–Crippen MR) is 98.6 cm³/mol. The lowest BCUT2D eigenvalue weighted by Gasteiger charge is -2.12. The zero-order chi connectivity index (χ0) is 16.8. The van der Waals surface area contributed by atoms with Crippen molar-refractivity contribution in [1.82, 2.24) is 0 Å². The first-order valence-electron chi connectivity index (χ1n) is 8.03. The number of nitrogens with zero attached hydrogens (tertiary/aromatic N) is 1. The number of hydrogen-bond acceptors (Lipinski definition) is 2. The molecule has 0 N–H and O–H groups in total. The maximum absolute atomic E-state index is 13.0. The predicted octanol–water partition coefficient (Wildman–Crippen LogP) is 5.12. The van der Waals surface area contributed by atoms with E-state index in [0.29, 0.717) is 11.3 Å². The van der Waals surface area contributed by atoms with E-state index >= 15 is 0 Å². The summed E-state index contributed by atoms with van der Waals surface area (Å²) in [7, 11) is 0. The highest BCUT2D eigenvalue weighted by Gasteiger charge is 2.17. The minimum atomic E-state index is -0.0888. The minimum Gasteiger partial charge on any atom is -0.287 e. The number of rotatable bonds is 5. The van der Waals surface area contributed by atoms with Crippen LogP contribution >= 0.6 is 0 Å². The molecule has 0 saturated carbocycles. The van der Waals surface area contributed by atoms with Crippen LogP contribution in [0.15, 0.2) is 96.0 Å². The van der Waals surface area contributed by atoms with Gasteiger partial charge in [-0.25, -0.2) is 0 Å². The van der Waals surface area contributed by atoms with Crippen molar-refractivity contribution in [2.24, 2.45) is 4.99 Å². The second kappa shape index (κ2) is 7.51. The normalized spacial score (nSPS) is 12.6. The SMILES string of the molecule is CC(N=C(C(=O)c1ccccc1)c1ccccc1)c1ccccc1. The number of hydrogen-bond donors (Lipinski definition) is 0. The third-order valence-electron chi connectivity index (χ3n) is 3.90. The van der Waals surface area contributed by atoms with E-state index in [2.05, 4.69) is 0 Å². The third kappa shape index (κ3) is 3.66. The zero-order valence-electron chi connectivity index (χ0n) is 13.6. The number of aliphatic imine (C=N–C) groups is 1. The first-order chi connectivity index (χ1) is 11.8. The highest BCUT2D eigenvalue weighted by atomic mass is 16.1. The number of Topliss-reactive ketones (excluding diaryl/α,β-unsaturated/α-hetero) is 1. The van der Waals surface area contributed by atoms with Gasteiger partial charge in [0.25, 0.3) is 0 Å². The summed E-state index contributed by atoms with van der Waals surface area (Å²) in [5.41, 5.74) is 3.08.